The van der Waals surface area contributed by atoms with Crippen molar-refractivity contribution in [1.29, 1.82) is 0 Å². The minimum Gasteiger partial charge on any atom is -0.508 e. The molecular weight excluding hydrogens is 373 g/mol. The van der Waals surface area contributed by atoms with Crippen LogP contribution in [-0.4, -0.2) is 23.1 Å². The van der Waals surface area contributed by atoms with E-state index in [-0.39, 0.29) is 5.16 Å². The second-order valence-electron chi connectivity index (χ2n) is 8.78. The summed E-state index contributed by atoms with van der Waals surface area (Å²) in [4.78, 5) is 2.63. The topological polar surface area (TPSA) is 23.5 Å². The van der Waals surface area contributed by atoms with Crippen LogP contribution >= 0.6 is 8.58 Å². The van der Waals surface area contributed by atoms with Gasteiger partial charge in [-0.05, 0) is 75.1 Å². The van der Waals surface area contributed by atoms with Crippen molar-refractivity contribution in [2.75, 3.05) is 13.1 Å². The lowest BCUT2D eigenvalue weighted by Crippen LogP contribution is -2.32. The number of hydrogen-bond acceptors (Lipinski definition) is 2. The Bertz CT molecular complexity index is 812. The van der Waals surface area contributed by atoms with Crippen LogP contribution in [-0.2, 0) is 11.7 Å². The molecule has 0 radical (unpaired) electrons. The van der Waals surface area contributed by atoms with Gasteiger partial charge >= 0.3 is 0 Å². The molecule has 3 rings (SSSR count). The third-order valence-electron chi connectivity index (χ3n) is 6.51. The first kappa shape index (κ1) is 22.3. The molecule has 3 heteroatoms. The van der Waals surface area contributed by atoms with E-state index in [4.69, 9.17) is 0 Å². The van der Waals surface area contributed by atoms with Gasteiger partial charge in [0.05, 0.1) is 0 Å². The summed E-state index contributed by atoms with van der Waals surface area (Å²) in [5, 5.41) is 12.3. The summed E-state index contributed by atoms with van der Waals surface area (Å²) in [6.45, 7) is 12.5. The molecule has 158 valence electrons. The molecule has 0 amide bonds. The minimum absolute atomic E-state index is 0.00755. The molecule has 0 bridgehead atoms. The van der Waals surface area contributed by atoms with E-state index in [1.807, 2.05) is 12.1 Å². The van der Waals surface area contributed by atoms with E-state index < -0.39 is 0 Å². The Labute approximate surface area is 179 Å². The van der Waals surface area contributed by atoms with Crippen LogP contribution in [0.3, 0.4) is 0 Å². The fraction of sp³-hybridized carbons (Fsp3) is 0.538. The molecule has 1 fully saturated rings. The van der Waals surface area contributed by atoms with Crippen LogP contribution in [0.5, 0.6) is 5.75 Å². The maximum atomic E-state index is 10.8. The molecule has 2 aromatic rings. The Morgan fingerprint density at radius 2 is 1.79 bits per heavy atom. The number of nitrogens with zero attached hydrogens (tertiary/aromatic N) is 1. The van der Waals surface area contributed by atoms with Crippen LogP contribution in [0.15, 0.2) is 36.4 Å². The average Bonchev–Trinajstić information content (AvgIpc) is 2.72. The SMILES string of the molecule is CCCC(CC)(Pc1c(C)cccc1CN1CCCCC1)c1cc(C)ccc1O. The van der Waals surface area contributed by atoms with E-state index in [9.17, 15) is 5.11 Å². The van der Waals surface area contributed by atoms with Gasteiger partial charge in [-0.25, -0.2) is 0 Å². The normalized spacial score (nSPS) is 17.7. The Morgan fingerprint density at radius 3 is 2.48 bits per heavy atom. The molecule has 0 spiro atoms. The van der Waals surface area contributed by atoms with E-state index in [2.05, 4.69) is 56.9 Å². The fourth-order valence-corrected chi connectivity index (χ4v) is 6.79. The average molecular weight is 412 g/mol. The number of rotatable bonds is 8. The van der Waals surface area contributed by atoms with Crippen molar-refractivity contribution >= 4 is 13.9 Å². The largest absolute Gasteiger partial charge is 0.508 e. The molecule has 29 heavy (non-hydrogen) atoms. The first-order chi connectivity index (χ1) is 14.0. The molecule has 0 saturated carbocycles. The van der Waals surface area contributed by atoms with Gasteiger partial charge in [-0.3, -0.25) is 4.90 Å². The van der Waals surface area contributed by atoms with E-state index in [0.29, 0.717) is 14.3 Å². The molecule has 1 aliphatic heterocycles. The van der Waals surface area contributed by atoms with Gasteiger partial charge in [0.25, 0.3) is 0 Å². The van der Waals surface area contributed by atoms with Crippen LogP contribution in [0.1, 0.15) is 74.6 Å². The highest BCUT2D eigenvalue weighted by molar-refractivity contribution is 7.48. The molecule has 0 aromatic heterocycles. The second kappa shape index (κ2) is 10.1. The molecular formula is C26H38NOP. The zero-order valence-corrected chi connectivity index (χ0v) is 19.7. The van der Waals surface area contributed by atoms with Crippen LogP contribution < -0.4 is 5.30 Å². The fourth-order valence-electron chi connectivity index (χ4n) is 4.82. The third kappa shape index (κ3) is 5.22. The standard InChI is InChI=1S/C26H38NOP/c1-5-15-26(6-2,23-18-20(3)13-14-24(23)28)29-25-21(4)11-10-12-22(25)19-27-16-8-7-9-17-27/h10-14,18,28-29H,5-9,15-17,19H2,1-4H3. The lowest BCUT2D eigenvalue weighted by molar-refractivity contribution is 0.221. The number of likely N-dealkylation sites (tertiary alicyclic amines) is 1. The van der Waals surface area contributed by atoms with Crippen molar-refractivity contribution in [3.8, 4) is 5.75 Å². The van der Waals surface area contributed by atoms with Crippen molar-refractivity contribution in [2.45, 2.75) is 77.9 Å². The maximum Gasteiger partial charge on any atom is 0.119 e. The molecule has 2 nitrogen and oxygen atoms in total. The highest BCUT2D eigenvalue weighted by atomic mass is 31.1. The molecule has 2 atom stereocenters. The molecule has 1 heterocycles. The molecule has 0 aliphatic carbocycles. The summed E-state index contributed by atoms with van der Waals surface area (Å²) in [5.41, 5.74) is 5.27. The summed E-state index contributed by atoms with van der Waals surface area (Å²) >= 11 is 0. The van der Waals surface area contributed by atoms with E-state index in [1.54, 1.807) is 0 Å². The third-order valence-corrected chi connectivity index (χ3v) is 8.83. The smallest absolute Gasteiger partial charge is 0.119 e. The van der Waals surface area contributed by atoms with Crippen molar-refractivity contribution in [3.63, 3.8) is 0 Å². The van der Waals surface area contributed by atoms with E-state index >= 15 is 0 Å². The highest BCUT2D eigenvalue weighted by Gasteiger charge is 2.34. The number of aromatic hydroxyl groups is 1. The molecule has 1 aliphatic rings. The van der Waals surface area contributed by atoms with Crippen LogP contribution in [0.4, 0.5) is 0 Å². The number of phenols is 1. The van der Waals surface area contributed by atoms with Crippen LogP contribution in [0.2, 0.25) is 0 Å². The molecule has 1 saturated heterocycles. The Hall–Kier alpha value is -1.37. The number of aryl methyl sites for hydroxylation is 2. The van der Waals surface area contributed by atoms with Crippen LogP contribution in [0, 0.1) is 13.8 Å². The van der Waals surface area contributed by atoms with Crippen molar-refractivity contribution in [2.24, 2.45) is 0 Å². The zero-order chi connectivity index (χ0) is 20.9. The highest BCUT2D eigenvalue weighted by Crippen LogP contribution is 2.51. The van der Waals surface area contributed by atoms with Gasteiger partial charge in [0.1, 0.15) is 5.75 Å². The maximum absolute atomic E-state index is 10.8. The van der Waals surface area contributed by atoms with Crippen molar-refractivity contribution in [1.82, 2.24) is 4.90 Å². The van der Waals surface area contributed by atoms with Gasteiger partial charge in [-0.2, -0.15) is 0 Å². The lowest BCUT2D eigenvalue weighted by Gasteiger charge is -2.36. The number of phenolic OH excluding ortho intramolecular Hbond substituents is 1. The van der Waals surface area contributed by atoms with Gasteiger partial charge in [0.2, 0.25) is 0 Å². The molecule has 2 aromatic carbocycles. The lowest BCUT2D eigenvalue weighted by atomic mass is 9.89. The predicted octanol–water partition coefficient (Wildman–Crippen LogP) is 6.40. The summed E-state index contributed by atoms with van der Waals surface area (Å²) in [5.74, 6) is 0.463. The Morgan fingerprint density at radius 1 is 1.03 bits per heavy atom. The second-order valence-corrected chi connectivity index (χ2v) is 10.5. The predicted molar refractivity (Wildman–Crippen MR) is 128 cm³/mol. The molecule has 1 N–H and O–H groups in total. The quantitative estimate of drug-likeness (QED) is 0.508. The minimum atomic E-state index is 0.00755. The summed E-state index contributed by atoms with van der Waals surface area (Å²) in [6, 6.07) is 13.0. The molecule has 2 unspecified atom stereocenters. The van der Waals surface area contributed by atoms with Gasteiger partial charge in [0, 0.05) is 17.3 Å². The number of piperidine rings is 1. The first-order valence-corrected chi connectivity index (χ1v) is 12.4. The monoisotopic (exact) mass is 411 g/mol. The van der Waals surface area contributed by atoms with Crippen molar-refractivity contribution < 1.29 is 5.11 Å². The first-order valence-electron chi connectivity index (χ1n) is 11.4. The van der Waals surface area contributed by atoms with E-state index in [1.165, 1.54) is 54.3 Å². The van der Waals surface area contributed by atoms with Crippen LogP contribution in [0.25, 0.3) is 0 Å². The summed E-state index contributed by atoms with van der Waals surface area (Å²) in [6.07, 6.45) is 7.32. The zero-order valence-electron chi connectivity index (χ0n) is 18.7. The van der Waals surface area contributed by atoms with Gasteiger partial charge in [-0.15, -0.1) is 0 Å². The summed E-state index contributed by atoms with van der Waals surface area (Å²) in [7, 11) is 0.675. The van der Waals surface area contributed by atoms with Gasteiger partial charge < -0.3 is 5.11 Å². The Balaban J connectivity index is 2.00. The number of benzene rings is 2. The van der Waals surface area contributed by atoms with Gasteiger partial charge in [0.15, 0.2) is 0 Å². The van der Waals surface area contributed by atoms with Crippen molar-refractivity contribution in [3.05, 3.63) is 58.7 Å². The number of hydrogen-bond donors (Lipinski definition) is 1. The van der Waals surface area contributed by atoms with E-state index in [0.717, 1.165) is 31.4 Å². The Kier molecular flexibility index (Phi) is 7.77. The van der Waals surface area contributed by atoms with Gasteiger partial charge in [-0.1, -0.05) is 71.2 Å². The summed E-state index contributed by atoms with van der Waals surface area (Å²) < 4.78 is 0.